The topological polar surface area (TPSA) is 58.6 Å². The summed E-state index contributed by atoms with van der Waals surface area (Å²) in [6, 6.07) is 11.9. The normalized spacial score (nSPS) is 10.2. The Morgan fingerprint density at radius 1 is 1.08 bits per heavy atom. The zero-order valence-electron chi connectivity index (χ0n) is 13.9. The molecule has 2 amide bonds. The zero-order chi connectivity index (χ0) is 18.4. The Morgan fingerprint density at radius 3 is 2.32 bits per heavy atom. The fourth-order valence-corrected chi connectivity index (χ4v) is 2.98. The van der Waals surface area contributed by atoms with Gasteiger partial charge < -0.3 is 15.0 Å². The average Bonchev–Trinajstić information content (AvgIpc) is 2.59. The van der Waals surface area contributed by atoms with Crippen molar-refractivity contribution >= 4 is 40.7 Å². The van der Waals surface area contributed by atoms with Crippen LogP contribution >= 0.6 is 23.2 Å². The van der Waals surface area contributed by atoms with Crippen molar-refractivity contribution < 1.29 is 14.3 Å². The van der Waals surface area contributed by atoms with Crippen molar-refractivity contribution in [2.24, 2.45) is 0 Å². The molecule has 2 aromatic carbocycles. The van der Waals surface area contributed by atoms with Crippen molar-refractivity contribution in [1.82, 2.24) is 5.32 Å². The minimum atomic E-state index is -0.286. The van der Waals surface area contributed by atoms with Crippen LogP contribution in [0.15, 0.2) is 42.5 Å². The number of nitrogens with zero attached hydrogens (tertiary/aromatic N) is 1. The van der Waals surface area contributed by atoms with E-state index in [1.807, 2.05) is 0 Å². The van der Waals surface area contributed by atoms with Gasteiger partial charge in [0.15, 0.2) is 0 Å². The Hall–Kier alpha value is -2.24. The van der Waals surface area contributed by atoms with Gasteiger partial charge in [0.2, 0.25) is 5.91 Å². The Balaban J connectivity index is 2.08. The van der Waals surface area contributed by atoms with Gasteiger partial charge in [0.05, 0.1) is 28.4 Å². The number of carbonyl (C=O) groups is 2. The summed E-state index contributed by atoms with van der Waals surface area (Å²) in [5, 5.41) is 3.52. The predicted octanol–water partition coefficient (Wildman–Crippen LogP) is 3.78. The monoisotopic (exact) mass is 380 g/mol. The third-order valence-electron chi connectivity index (χ3n) is 3.56. The average molecular weight is 381 g/mol. The van der Waals surface area contributed by atoms with E-state index in [4.69, 9.17) is 27.9 Å². The summed E-state index contributed by atoms with van der Waals surface area (Å²) in [5.41, 5.74) is 0.861. The van der Waals surface area contributed by atoms with E-state index < -0.39 is 0 Å². The van der Waals surface area contributed by atoms with E-state index >= 15 is 0 Å². The van der Waals surface area contributed by atoms with Crippen molar-refractivity contribution in [2.75, 3.05) is 25.1 Å². The molecule has 0 bridgehead atoms. The third kappa shape index (κ3) is 4.65. The molecule has 0 aliphatic carbocycles. The molecule has 0 aliphatic rings. The number of anilines is 1. The lowest BCUT2D eigenvalue weighted by molar-refractivity contribution is -0.116. The van der Waals surface area contributed by atoms with Gasteiger partial charge in [-0.2, -0.15) is 0 Å². The van der Waals surface area contributed by atoms with Gasteiger partial charge >= 0.3 is 0 Å². The highest BCUT2D eigenvalue weighted by atomic mass is 35.5. The lowest BCUT2D eigenvalue weighted by atomic mass is 10.2. The second-order valence-electron chi connectivity index (χ2n) is 5.20. The number of benzene rings is 2. The highest BCUT2D eigenvalue weighted by Crippen LogP contribution is 2.33. The van der Waals surface area contributed by atoms with E-state index in [1.54, 1.807) is 42.5 Å². The maximum atomic E-state index is 12.3. The van der Waals surface area contributed by atoms with Crippen LogP contribution in [0.1, 0.15) is 17.3 Å². The van der Waals surface area contributed by atoms with E-state index in [0.717, 1.165) is 0 Å². The Kier molecular flexibility index (Phi) is 6.67. The van der Waals surface area contributed by atoms with Crippen LogP contribution in [-0.2, 0) is 4.79 Å². The number of rotatable bonds is 6. The number of hydrogen-bond donors (Lipinski definition) is 1. The van der Waals surface area contributed by atoms with Crippen LogP contribution in [0.5, 0.6) is 5.75 Å². The van der Waals surface area contributed by atoms with Crippen LogP contribution in [0.4, 0.5) is 5.69 Å². The Labute approximate surface area is 156 Å². The number of halogens is 2. The molecule has 0 radical (unpaired) electrons. The van der Waals surface area contributed by atoms with Crippen molar-refractivity contribution in [2.45, 2.75) is 6.92 Å². The van der Waals surface area contributed by atoms with Gasteiger partial charge in [-0.05, 0) is 24.3 Å². The quantitative estimate of drug-likeness (QED) is 0.829. The summed E-state index contributed by atoms with van der Waals surface area (Å²) in [6.45, 7) is 1.89. The first-order valence-corrected chi connectivity index (χ1v) is 8.34. The Morgan fingerprint density at radius 2 is 1.72 bits per heavy atom. The molecular formula is C18H18Cl2N2O3. The number of para-hydroxylation sites is 2. The molecule has 25 heavy (non-hydrogen) atoms. The standard InChI is InChI=1S/C18H18Cl2N2O3/c1-12(23)22(17-14(19)7-5-8-15(17)20)11-10-21-18(24)13-6-3-4-9-16(13)25-2/h3-9H,10-11H2,1-2H3,(H,21,24). The van der Waals surface area contributed by atoms with Crippen LogP contribution in [0.25, 0.3) is 0 Å². The van der Waals surface area contributed by atoms with Crippen molar-refractivity contribution in [3.8, 4) is 5.75 Å². The molecule has 7 heteroatoms. The molecule has 1 N–H and O–H groups in total. The third-order valence-corrected chi connectivity index (χ3v) is 4.17. The van der Waals surface area contributed by atoms with Gasteiger partial charge in [-0.25, -0.2) is 0 Å². The fourth-order valence-electron chi connectivity index (χ4n) is 2.38. The molecule has 0 spiro atoms. The molecule has 5 nitrogen and oxygen atoms in total. The summed E-state index contributed by atoms with van der Waals surface area (Å²) >= 11 is 12.3. The second-order valence-corrected chi connectivity index (χ2v) is 6.01. The molecule has 2 rings (SSSR count). The van der Waals surface area contributed by atoms with E-state index in [9.17, 15) is 9.59 Å². The van der Waals surface area contributed by atoms with Crippen molar-refractivity contribution in [1.29, 1.82) is 0 Å². The lowest BCUT2D eigenvalue weighted by Gasteiger charge is -2.23. The first-order chi connectivity index (χ1) is 12.0. The molecular weight excluding hydrogens is 363 g/mol. The molecule has 2 aromatic rings. The van der Waals surface area contributed by atoms with E-state index in [-0.39, 0.29) is 24.9 Å². The smallest absolute Gasteiger partial charge is 0.255 e. The van der Waals surface area contributed by atoms with Gasteiger partial charge in [-0.1, -0.05) is 41.4 Å². The molecule has 0 saturated carbocycles. The van der Waals surface area contributed by atoms with Crippen LogP contribution in [0, 0.1) is 0 Å². The number of methoxy groups -OCH3 is 1. The summed E-state index contributed by atoms with van der Waals surface area (Å²) < 4.78 is 5.17. The summed E-state index contributed by atoms with van der Waals surface area (Å²) in [5.74, 6) is -0.0229. The molecule has 0 unspecified atom stereocenters. The van der Waals surface area contributed by atoms with Crippen LogP contribution in [-0.4, -0.2) is 32.0 Å². The van der Waals surface area contributed by atoms with Gasteiger partial charge in [-0.3, -0.25) is 9.59 Å². The molecule has 0 aromatic heterocycles. The first kappa shape index (κ1) is 19.1. The minimum Gasteiger partial charge on any atom is -0.496 e. The van der Waals surface area contributed by atoms with Gasteiger partial charge in [0.25, 0.3) is 5.91 Å². The number of hydrogen-bond acceptors (Lipinski definition) is 3. The molecule has 0 heterocycles. The van der Waals surface area contributed by atoms with Crippen molar-refractivity contribution in [3.05, 3.63) is 58.1 Å². The largest absolute Gasteiger partial charge is 0.496 e. The zero-order valence-corrected chi connectivity index (χ0v) is 15.4. The fraction of sp³-hybridized carbons (Fsp3) is 0.222. The molecule has 132 valence electrons. The highest BCUT2D eigenvalue weighted by molar-refractivity contribution is 6.39. The van der Waals surface area contributed by atoms with E-state index in [0.29, 0.717) is 27.0 Å². The molecule has 0 atom stereocenters. The van der Waals surface area contributed by atoms with Gasteiger partial charge in [0.1, 0.15) is 5.75 Å². The molecule has 0 fully saturated rings. The maximum absolute atomic E-state index is 12.3. The summed E-state index contributed by atoms with van der Waals surface area (Å²) in [6.07, 6.45) is 0. The second kappa shape index (κ2) is 8.74. The highest BCUT2D eigenvalue weighted by Gasteiger charge is 2.18. The first-order valence-electron chi connectivity index (χ1n) is 7.59. The van der Waals surface area contributed by atoms with Crippen LogP contribution < -0.4 is 15.0 Å². The number of amides is 2. The van der Waals surface area contributed by atoms with Gasteiger partial charge in [-0.15, -0.1) is 0 Å². The molecule has 0 aliphatic heterocycles. The van der Waals surface area contributed by atoms with E-state index in [2.05, 4.69) is 5.32 Å². The minimum absolute atomic E-state index is 0.221. The number of nitrogens with one attached hydrogen (secondary N) is 1. The van der Waals surface area contributed by atoms with E-state index in [1.165, 1.54) is 18.9 Å². The predicted molar refractivity (Wildman–Crippen MR) is 99.8 cm³/mol. The summed E-state index contributed by atoms with van der Waals surface area (Å²) in [7, 11) is 1.50. The van der Waals surface area contributed by atoms with Crippen LogP contribution in [0.3, 0.4) is 0 Å². The lowest BCUT2D eigenvalue weighted by Crippen LogP contribution is -2.38. The SMILES string of the molecule is COc1ccccc1C(=O)NCCN(C(C)=O)c1c(Cl)cccc1Cl. The number of carbonyl (C=O) groups excluding carboxylic acids is 2. The van der Waals surface area contributed by atoms with Gasteiger partial charge in [0, 0.05) is 20.0 Å². The Bertz CT molecular complexity index is 760. The summed E-state index contributed by atoms with van der Waals surface area (Å²) in [4.78, 5) is 25.7. The maximum Gasteiger partial charge on any atom is 0.255 e. The molecule has 0 saturated heterocycles. The number of ether oxygens (including phenoxy) is 1. The van der Waals surface area contributed by atoms with Crippen LogP contribution in [0.2, 0.25) is 10.0 Å². The van der Waals surface area contributed by atoms with Crippen molar-refractivity contribution in [3.63, 3.8) is 0 Å².